The number of aromatic nitrogens is 4. The highest BCUT2D eigenvalue weighted by molar-refractivity contribution is 5.81. The van der Waals surface area contributed by atoms with Gasteiger partial charge in [-0.15, -0.1) is 0 Å². The average molecular weight is 309 g/mol. The van der Waals surface area contributed by atoms with Crippen molar-refractivity contribution in [1.29, 1.82) is 0 Å². The third-order valence-corrected chi connectivity index (χ3v) is 4.46. The topological polar surface area (TPSA) is 78.8 Å². The quantitative estimate of drug-likeness (QED) is 0.801. The van der Waals surface area contributed by atoms with E-state index in [1.54, 1.807) is 7.11 Å². The maximum atomic E-state index is 5.83. The van der Waals surface area contributed by atoms with Gasteiger partial charge in [0.1, 0.15) is 0 Å². The summed E-state index contributed by atoms with van der Waals surface area (Å²) < 4.78 is 6.97. The molecule has 0 atom stereocenters. The number of nitrogens with two attached hydrogens (primary N) is 1. The highest BCUT2D eigenvalue weighted by Crippen LogP contribution is 2.37. The van der Waals surface area contributed by atoms with Crippen LogP contribution in [0.5, 0.6) is 0 Å². The summed E-state index contributed by atoms with van der Waals surface area (Å²) >= 11 is 0. The highest BCUT2D eigenvalue weighted by atomic mass is 16.5. The summed E-state index contributed by atoms with van der Waals surface area (Å²) in [5.74, 6) is 1.58. The van der Waals surface area contributed by atoms with Crippen molar-refractivity contribution >= 4 is 16.9 Å². The van der Waals surface area contributed by atoms with Crippen molar-refractivity contribution in [3.8, 4) is 5.82 Å². The predicted octanol–water partition coefficient (Wildman–Crippen LogP) is 2.81. The molecular weight excluding hydrogens is 290 g/mol. The van der Waals surface area contributed by atoms with Gasteiger partial charge in [0.05, 0.1) is 24.0 Å². The van der Waals surface area contributed by atoms with E-state index in [4.69, 9.17) is 10.5 Å². The van der Waals surface area contributed by atoms with Gasteiger partial charge in [0, 0.05) is 18.6 Å². The normalized spacial score (nSPS) is 15.0. The van der Waals surface area contributed by atoms with Crippen LogP contribution in [0.1, 0.15) is 36.4 Å². The summed E-state index contributed by atoms with van der Waals surface area (Å²) in [6.07, 6.45) is 5.73. The molecule has 2 aromatic heterocycles. The Morgan fingerprint density at radius 3 is 2.87 bits per heavy atom. The minimum atomic E-state index is 0.230. The smallest absolute Gasteiger partial charge is 0.222 e. The van der Waals surface area contributed by atoms with Crippen molar-refractivity contribution in [2.24, 2.45) is 0 Å². The van der Waals surface area contributed by atoms with Gasteiger partial charge in [0.15, 0.2) is 5.82 Å². The van der Waals surface area contributed by atoms with Crippen molar-refractivity contribution in [3.63, 3.8) is 0 Å². The molecule has 1 saturated carbocycles. The Morgan fingerprint density at radius 2 is 2.13 bits per heavy atom. The number of anilines is 1. The van der Waals surface area contributed by atoms with Crippen molar-refractivity contribution in [3.05, 3.63) is 41.7 Å². The summed E-state index contributed by atoms with van der Waals surface area (Å²) in [6.45, 7) is 0.395. The summed E-state index contributed by atoms with van der Waals surface area (Å²) in [7, 11) is 1.63. The van der Waals surface area contributed by atoms with Crippen LogP contribution in [-0.2, 0) is 11.3 Å². The molecule has 1 aromatic carbocycles. The van der Waals surface area contributed by atoms with E-state index in [2.05, 4.69) is 33.3 Å². The fourth-order valence-corrected chi connectivity index (χ4v) is 3.05. The Balaban J connectivity index is 1.81. The van der Waals surface area contributed by atoms with Crippen LogP contribution in [0.3, 0.4) is 0 Å². The number of hydrogen-bond acceptors (Lipinski definition) is 5. The molecule has 0 saturated heterocycles. The zero-order valence-corrected chi connectivity index (χ0v) is 13.1. The lowest BCUT2D eigenvalue weighted by atomic mass is 9.80. The van der Waals surface area contributed by atoms with Gasteiger partial charge in [0.2, 0.25) is 5.95 Å². The van der Waals surface area contributed by atoms with E-state index < -0.39 is 0 Å². The first kappa shape index (κ1) is 14.1. The molecule has 0 unspecified atom stereocenters. The van der Waals surface area contributed by atoms with Crippen LogP contribution >= 0.6 is 0 Å². The molecule has 3 aromatic rings. The molecule has 6 heteroatoms. The lowest BCUT2D eigenvalue weighted by Gasteiger charge is -2.25. The van der Waals surface area contributed by atoms with E-state index in [-0.39, 0.29) is 5.95 Å². The van der Waals surface area contributed by atoms with E-state index in [0.717, 1.165) is 16.6 Å². The van der Waals surface area contributed by atoms with Crippen LogP contribution in [0.2, 0.25) is 0 Å². The van der Waals surface area contributed by atoms with Gasteiger partial charge in [-0.3, -0.25) is 0 Å². The van der Waals surface area contributed by atoms with Gasteiger partial charge in [0.25, 0.3) is 0 Å². The number of rotatable bonds is 4. The lowest BCUT2D eigenvalue weighted by Crippen LogP contribution is -2.09. The first-order chi connectivity index (χ1) is 11.2. The van der Waals surface area contributed by atoms with Gasteiger partial charge in [-0.25, -0.2) is 9.67 Å². The van der Waals surface area contributed by atoms with Crippen molar-refractivity contribution < 1.29 is 4.74 Å². The first-order valence-electron chi connectivity index (χ1n) is 7.85. The molecule has 2 N–H and O–H groups in total. The Hall–Kier alpha value is -2.47. The summed E-state index contributed by atoms with van der Waals surface area (Å²) in [5, 5.41) is 5.58. The molecule has 2 heterocycles. The number of methoxy groups -OCH3 is 1. The number of ether oxygens (including phenoxy) is 1. The van der Waals surface area contributed by atoms with E-state index in [9.17, 15) is 0 Å². The van der Waals surface area contributed by atoms with Crippen molar-refractivity contribution in [2.75, 3.05) is 12.8 Å². The largest absolute Gasteiger partial charge is 0.378 e. The van der Waals surface area contributed by atoms with Crippen molar-refractivity contribution in [1.82, 2.24) is 19.7 Å². The maximum absolute atomic E-state index is 5.83. The van der Waals surface area contributed by atoms with Gasteiger partial charge in [-0.05, 0) is 30.4 Å². The zero-order valence-electron chi connectivity index (χ0n) is 13.1. The molecule has 1 aliphatic rings. The van der Waals surface area contributed by atoms with Crippen LogP contribution in [0.4, 0.5) is 5.95 Å². The fraction of sp³-hybridized carbons (Fsp3) is 0.353. The fourth-order valence-electron chi connectivity index (χ4n) is 3.05. The van der Waals surface area contributed by atoms with E-state index in [1.165, 1.54) is 24.8 Å². The number of fused-ring (bicyclic) bond motifs is 1. The number of hydrogen-bond donors (Lipinski definition) is 1. The molecule has 23 heavy (non-hydrogen) atoms. The summed E-state index contributed by atoms with van der Waals surface area (Å²) in [4.78, 5) is 8.51. The standard InChI is InChI=1S/C17H19N5O/c1-23-10-14-8-16(21-17(18)20-14)22-15-7-12(11-3-2-4-11)5-6-13(15)9-19-22/h5-9,11H,2-4,10H2,1H3,(H2,18,20,21). The Labute approximate surface area is 134 Å². The minimum absolute atomic E-state index is 0.230. The van der Waals surface area contributed by atoms with Crippen LogP contribution in [0.15, 0.2) is 30.5 Å². The molecule has 1 fully saturated rings. The second-order valence-corrected chi connectivity index (χ2v) is 6.01. The molecule has 0 spiro atoms. The molecule has 0 aliphatic heterocycles. The minimum Gasteiger partial charge on any atom is -0.378 e. The predicted molar refractivity (Wildman–Crippen MR) is 88.4 cm³/mol. The second kappa shape index (κ2) is 5.62. The number of nitrogens with zero attached hydrogens (tertiary/aromatic N) is 4. The Bertz CT molecular complexity index is 853. The van der Waals surface area contributed by atoms with Gasteiger partial charge in [-0.2, -0.15) is 10.1 Å². The van der Waals surface area contributed by atoms with Crippen LogP contribution in [0, 0.1) is 0 Å². The third-order valence-electron chi connectivity index (χ3n) is 4.46. The van der Waals surface area contributed by atoms with Crippen LogP contribution in [0.25, 0.3) is 16.7 Å². The van der Waals surface area contributed by atoms with Gasteiger partial charge >= 0.3 is 0 Å². The van der Waals surface area contributed by atoms with E-state index in [0.29, 0.717) is 18.3 Å². The summed E-state index contributed by atoms with van der Waals surface area (Å²) in [6, 6.07) is 8.43. The van der Waals surface area contributed by atoms with Crippen LogP contribution in [-0.4, -0.2) is 26.9 Å². The molecule has 6 nitrogen and oxygen atoms in total. The SMILES string of the molecule is COCc1cc(-n2ncc3ccc(C4CCC4)cc32)nc(N)n1. The lowest BCUT2D eigenvalue weighted by molar-refractivity contribution is 0.181. The highest BCUT2D eigenvalue weighted by Gasteiger charge is 2.20. The van der Waals surface area contributed by atoms with Crippen molar-refractivity contribution in [2.45, 2.75) is 31.8 Å². The monoisotopic (exact) mass is 309 g/mol. The first-order valence-corrected chi connectivity index (χ1v) is 7.85. The molecule has 0 radical (unpaired) electrons. The van der Waals surface area contributed by atoms with E-state index in [1.807, 2.05) is 16.9 Å². The molecular formula is C17H19N5O. The molecule has 4 rings (SSSR count). The number of nitrogen functional groups attached to an aromatic ring is 1. The Morgan fingerprint density at radius 1 is 1.26 bits per heavy atom. The molecule has 0 bridgehead atoms. The zero-order chi connectivity index (χ0) is 15.8. The third kappa shape index (κ3) is 2.55. The number of benzene rings is 1. The molecule has 1 aliphatic carbocycles. The van der Waals surface area contributed by atoms with Gasteiger partial charge in [-0.1, -0.05) is 18.6 Å². The maximum Gasteiger partial charge on any atom is 0.222 e. The van der Waals surface area contributed by atoms with E-state index >= 15 is 0 Å². The average Bonchev–Trinajstić information content (AvgIpc) is 2.88. The Kier molecular flexibility index (Phi) is 3.46. The van der Waals surface area contributed by atoms with Crippen LogP contribution < -0.4 is 5.73 Å². The van der Waals surface area contributed by atoms with Gasteiger partial charge < -0.3 is 10.5 Å². The summed E-state index contributed by atoms with van der Waals surface area (Å²) in [5.41, 5.74) is 9.01. The second-order valence-electron chi connectivity index (χ2n) is 6.01. The molecule has 0 amide bonds. The molecule has 118 valence electrons.